The number of fused-ring (bicyclic) bond motifs is 1. The van der Waals surface area contributed by atoms with E-state index in [4.69, 9.17) is 9.47 Å². The van der Waals surface area contributed by atoms with Crippen LogP contribution in [0.25, 0.3) is 6.08 Å². The number of phenols is 1. The van der Waals surface area contributed by atoms with Gasteiger partial charge in [-0.3, -0.25) is 0 Å². The van der Waals surface area contributed by atoms with Gasteiger partial charge in [-0.15, -0.1) is 0 Å². The van der Waals surface area contributed by atoms with Gasteiger partial charge in [0.1, 0.15) is 35.4 Å². The lowest BCUT2D eigenvalue weighted by atomic mass is 10.0. The topological polar surface area (TPSA) is 116 Å². The Balaban J connectivity index is 2.52. The van der Waals surface area contributed by atoms with Crippen LogP contribution in [0.15, 0.2) is 28.8 Å². The van der Waals surface area contributed by atoms with Crippen molar-refractivity contribution in [1.29, 1.82) is 0 Å². The minimum atomic E-state index is -1.37. The summed E-state index contributed by atoms with van der Waals surface area (Å²) in [5.74, 6) is -0.697. The molecule has 0 aliphatic carbocycles. The lowest BCUT2D eigenvalue weighted by Gasteiger charge is -2.21. The van der Waals surface area contributed by atoms with Crippen LogP contribution >= 0.6 is 15.9 Å². The number of ether oxygens (including phenoxy) is 2. The van der Waals surface area contributed by atoms with Crippen molar-refractivity contribution >= 4 is 28.0 Å². The van der Waals surface area contributed by atoms with Crippen molar-refractivity contribution in [3.63, 3.8) is 0 Å². The van der Waals surface area contributed by atoms with E-state index in [-0.39, 0.29) is 24.2 Å². The number of benzene rings is 1. The summed E-state index contributed by atoms with van der Waals surface area (Å²) in [6.07, 6.45) is 1.88. The lowest BCUT2D eigenvalue weighted by molar-refractivity contribution is -0.0394. The number of hydrogen-bond acceptors (Lipinski definition) is 7. The number of carbonyl (C=O) groups excluding carboxylic acids is 1. The van der Waals surface area contributed by atoms with E-state index in [1.54, 1.807) is 13.0 Å². The van der Waals surface area contributed by atoms with Gasteiger partial charge in [0.2, 0.25) is 0 Å². The molecule has 0 spiro atoms. The van der Waals surface area contributed by atoms with Gasteiger partial charge in [0.05, 0.1) is 17.7 Å². The highest BCUT2D eigenvalue weighted by Gasteiger charge is 2.25. The summed E-state index contributed by atoms with van der Waals surface area (Å²) in [5, 5.41) is 40.3. The van der Waals surface area contributed by atoms with Gasteiger partial charge in [-0.05, 0) is 29.3 Å². The minimum Gasteiger partial charge on any atom is -0.507 e. The standard InChI is InChI=1S/C19H23BrO7/c1-10-5-3-7-12(21)18(24)13(22)8-4-6-11-16(19(25)27-10)14(23)9-15(26-2)17(11)20/h3-4,6-7,9-10,12-13,18,21-24H,5,8H2,1-2H3. The summed E-state index contributed by atoms with van der Waals surface area (Å²) in [6.45, 7) is 1.66. The monoisotopic (exact) mass is 442 g/mol. The fourth-order valence-electron chi connectivity index (χ4n) is 2.67. The van der Waals surface area contributed by atoms with Crippen molar-refractivity contribution < 1.29 is 34.7 Å². The lowest BCUT2D eigenvalue weighted by Crippen LogP contribution is -2.35. The summed E-state index contributed by atoms with van der Waals surface area (Å²) in [7, 11) is 1.42. The molecule has 0 fully saturated rings. The zero-order valence-electron chi connectivity index (χ0n) is 15.0. The number of esters is 1. The van der Waals surface area contributed by atoms with Crippen LogP contribution in [0.5, 0.6) is 11.5 Å². The van der Waals surface area contributed by atoms with E-state index in [2.05, 4.69) is 15.9 Å². The average Bonchev–Trinajstić information content (AvgIpc) is 2.62. The molecule has 0 aromatic heterocycles. The molecule has 1 aromatic carbocycles. The zero-order chi connectivity index (χ0) is 20.1. The number of phenolic OH excluding ortho intramolecular Hbond substituents is 1. The Morgan fingerprint density at radius 1 is 1.22 bits per heavy atom. The first-order valence-electron chi connectivity index (χ1n) is 8.44. The molecule has 1 aliphatic heterocycles. The van der Waals surface area contributed by atoms with Crippen molar-refractivity contribution in [2.45, 2.75) is 44.2 Å². The Hall–Kier alpha value is -1.87. The predicted octanol–water partition coefficient (Wildman–Crippen LogP) is 2.15. The highest BCUT2D eigenvalue weighted by atomic mass is 79.9. The molecule has 8 heteroatoms. The minimum absolute atomic E-state index is 0.0152. The van der Waals surface area contributed by atoms with Crippen molar-refractivity contribution in [2.75, 3.05) is 7.11 Å². The molecule has 148 valence electrons. The summed E-state index contributed by atoms with van der Waals surface area (Å²) >= 11 is 3.35. The van der Waals surface area contributed by atoms with Crippen LogP contribution in [0, 0.1) is 0 Å². The van der Waals surface area contributed by atoms with Crippen LogP contribution in [0.2, 0.25) is 0 Å². The van der Waals surface area contributed by atoms with E-state index in [0.29, 0.717) is 15.8 Å². The molecule has 27 heavy (non-hydrogen) atoms. The van der Waals surface area contributed by atoms with Crippen LogP contribution < -0.4 is 4.74 Å². The summed E-state index contributed by atoms with van der Waals surface area (Å²) < 4.78 is 11.0. The third-order valence-electron chi connectivity index (χ3n) is 4.19. The fourth-order valence-corrected chi connectivity index (χ4v) is 3.27. The largest absolute Gasteiger partial charge is 0.507 e. The van der Waals surface area contributed by atoms with Gasteiger partial charge in [-0.2, -0.15) is 0 Å². The molecule has 7 nitrogen and oxygen atoms in total. The number of methoxy groups -OCH3 is 1. The third kappa shape index (κ3) is 5.10. The first-order chi connectivity index (χ1) is 12.8. The second-order valence-corrected chi connectivity index (χ2v) is 7.06. The molecular formula is C19H23BrO7. The number of cyclic esters (lactones) is 1. The quantitative estimate of drug-likeness (QED) is 0.388. The van der Waals surface area contributed by atoms with Gasteiger partial charge >= 0.3 is 5.97 Å². The van der Waals surface area contributed by atoms with Gasteiger partial charge in [-0.1, -0.05) is 24.3 Å². The van der Waals surface area contributed by atoms with Gasteiger partial charge in [0.25, 0.3) is 0 Å². The van der Waals surface area contributed by atoms with Crippen LogP contribution in [0.4, 0.5) is 0 Å². The normalized spacial score (nSPS) is 26.8. The molecule has 0 bridgehead atoms. The first-order valence-corrected chi connectivity index (χ1v) is 9.23. The summed E-state index contributed by atoms with van der Waals surface area (Å²) in [4.78, 5) is 12.6. The Bertz CT molecular complexity index is 744. The SMILES string of the molecule is COc1cc(O)c2c(c1Br)C=CCC(O)C(O)C(O)C=CCC(C)OC2=O. The highest BCUT2D eigenvalue weighted by molar-refractivity contribution is 9.10. The van der Waals surface area contributed by atoms with E-state index in [1.165, 1.54) is 31.4 Å². The Morgan fingerprint density at radius 2 is 1.93 bits per heavy atom. The van der Waals surface area contributed by atoms with Gasteiger partial charge in [-0.25, -0.2) is 4.79 Å². The number of aliphatic hydroxyl groups is 3. The van der Waals surface area contributed by atoms with E-state index < -0.39 is 30.4 Å². The van der Waals surface area contributed by atoms with Crippen LogP contribution in [0.3, 0.4) is 0 Å². The van der Waals surface area contributed by atoms with E-state index in [9.17, 15) is 25.2 Å². The number of aromatic hydroxyl groups is 1. The summed E-state index contributed by atoms with van der Waals surface area (Å²) in [5.41, 5.74) is 0.278. The number of halogens is 1. The van der Waals surface area contributed by atoms with E-state index in [1.807, 2.05) is 0 Å². The van der Waals surface area contributed by atoms with Crippen molar-refractivity contribution in [1.82, 2.24) is 0 Å². The molecule has 4 unspecified atom stereocenters. The van der Waals surface area contributed by atoms with Crippen molar-refractivity contribution in [3.05, 3.63) is 39.9 Å². The van der Waals surface area contributed by atoms with E-state index >= 15 is 0 Å². The van der Waals surface area contributed by atoms with Crippen LogP contribution in [-0.4, -0.2) is 57.9 Å². The highest BCUT2D eigenvalue weighted by Crippen LogP contribution is 2.38. The Kier molecular flexibility index (Phi) is 7.43. The number of rotatable bonds is 1. The molecule has 4 atom stereocenters. The number of aliphatic hydroxyl groups excluding tert-OH is 3. The fraction of sp³-hybridized carbons (Fsp3) is 0.421. The van der Waals surface area contributed by atoms with Gasteiger partial charge in [0, 0.05) is 18.1 Å². The first kappa shape index (κ1) is 21.4. The van der Waals surface area contributed by atoms with Crippen molar-refractivity contribution in [3.8, 4) is 11.5 Å². The molecular weight excluding hydrogens is 420 g/mol. The molecule has 0 saturated carbocycles. The van der Waals surface area contributed by atoms with Gasteiger partial charge < -0.3 is 29.9 Å². The average molecular weight is 443 g/mol. The maximum Gasteiger partial charge on any atom is 0.342 e. The molecule has 1 aliphatic rings. The second kappa shape index (κ2) is 9.36. The Labute approximate surface area is 165 Å². The maximum atomic E-state index is 12.6. The molecule has 2 rings (SSSR count). The number of carbonyl (C=O) groups is 1. The number of hydrogen-bond donors (Lipinski definition) is 4. The Morgan fingerprint density at radius 3 is 2.59 bits per heavy atom. The molecule has 4 N–H and O–H groups in total. The zero-order valence-corrected chi connectivity index (χ0v) is 16.6. The maximum absolute atomic E-state index is 12.6. The second-order valence-electron chi connectivity index (χ2n) is 6.27. The molecule has 0 amide bonds. The van der Waals surface area contributed by atoms with Crippen molar-refractivity contribution in [2.24, 2.45) is 0 Å². The van der Waals surface area contributed by atoms with Gasteiger partial charge in [0.15, 0.2) is 0 Å². The predicted molar refractivity (Wildman–Crippen MR) is 103 cm³/mol. The third-order valence-corrected chi connectivity index (χ3v) is 5.00. The smallest absolute Gasteiger partial charge is 0.342 e. The van der Waals surface area contributed by atoms with E-state index in [0.717, 1.165) is 0 Å². The molecule has 1 heterocycles. The molecule has 0 radical (unpaired) electrons. The van der Waals surface area contributed by atoms with Crippen LogP contribution in [-0.2, 0) is 4.74 Å². The van der Waals surface area contributed by atoms with Crippen LogP contribution in [0.1, 0.15) is 35.7 Å². The summed E-state index contributed by atoms with van der Waals surface area (Å²) in [6, 6.07) is 1.31. The molecule has 0 saturated heterocycles. The molecule has 1 aromatic rings.